The first-order valence-corrected chi connectivity index (χ1v) is 5.67. The minimum atomic E-state index is -0.187. The van der Waals surface area contributed by atoms with E-state index in [1.165, 1.54) is 0 Å². The number of carbonyl (C=O) groups excluding carboxylic acids is 1. The van der Waals surface area contributed by atoms with E-state index in [-0.39, 0.29) is 5.91 Å². The van der Waals surface area contributed by atoms with Crippen molar-refractivity contribution in [3.63, 3.8) is 0 Å². The van der Waals surface area contributed by atoms with Crippen molar-refractivity contribution in [3.05, 3.63) is 42.7 Å². The Balaban J connectivity index is 1.91. The van der Waals surface area contributed by atoms with Gasteiger partial charge in [0.05, 0.1) is 6.33 Å². The summed E-state index contributed by atoms with van der Waals surface area (Å²) >= 11 is 0. The van der Waals surface area contributed by atoms with Gasteiger partial charge in [0.2, 0.25) is 0 Å². The first kappa shape index (κ1) is 12.1. The minimum Gasteiger partial charge on any atom is -0.383 e. The van der Waals surface area contributed by atoms with E-state index in [0.29, 0.717) is 5.69 Å². The Morgan fingerprint density at radius 1 is 1.44 bits per heavy atom. The quantitative estimate of drug-likeness (QED) is 0.815. The van der Waals surface area contributed by atoms with E-state index in [4.69, 9.17) is 0 Å². The fourth-order valence-electron chi connectivity index (χ4n) is 1.54. The number of hydrogen-bond acceptors (Lipinski definition) is 4. The van der Waals surface area contributed by atoms with E-state index in [1.54, 1.807) is 31.8 Å². The summed E-state index contributed by atoms with van der Waals surface area (Å²) in [5, 5.41) is 5.78. The van der Waals surface area contributed by atoms with Crippen molar-refractivity contribution in [3.8, 4) is 0 Å². The summed E-state index contributed by atoms with van der Waals surface area (Å²) < 4.78 is 1.98. The van der Waals surface area contributed by atoms with Crippen LogP contribution in [0.1, 0.15) is 10.5 Å². The van der Waals surface area contributed by atoms with Gasteiger partial charge in [-0.05, 0) is 12.1 Å². The second-order valence-corrected chi connectivity index (χ2v) is 3.74. The van der Waals surface area contributed by atoms with E-state index in [1.807, 2.05) is 16.8 Å². The molecule has 0 aliphatic carbocycles. The van der Waals surface area contributed by atoms with Crippen LogP contribution in [-0.4, -0.2) is 34.0 Å². The van der Waals surface area contributed by atoms with Gasteiger partial charge in [0, 0.05) is 44.4 Å². The molecule has 6 nitrogen and oxygen atoms in total. The predicted molar refractivity (Wildman–Crippen MR) is 68.3 cm³/mol. The lowest BCUT2D eigenvalue weighted by atomic mass is 10.3. The Labute approximate surface area is 105 Å². The smallest absolute Gasteiger partial charge is 0.269 e. The topological polar surface area (TPSA) is 71.8 Å². The molecule has 0 saturated heterocycles. The lowest BCUT2D eigenvalue weighted by Crippen LogP contribution is -2.19. The van der Waals surface area contributed by atoms with Crippen LogP contribution < -0.4 is 10.6 Å². The van der Waals surface area contributed by atoms with Gasteiger partial charge in [-0.15, -0.1) is 0 Å². The maximum atomic E-state index is 11.4. The zero-order valence-electron chi connectivity index (χ0n) is 10.1. The van der Waals surface area contributed by atoms with E-state index in [2.05, 4.69) is 20.6 Å². The van der Waals surface area contributed by atoms with Crippen LogP contribution in [0.25, 0.3) is 0 Å². The van der Waals surface area contributed by atoms with E-state index in [9.17, 15) is 4.79 Å². The van der Waals surface area contributed by atoms with Gasteiger partial charge in [-0.3, -0.25) is 9.78 Å². The van der Waals surface area contributed by atoms with Crippen LogP contribution in [0.15, 0.2) is 37.1 Å². The Bertz CT molecular complexity index is 509. The molecule has 0 aromatic carbocycles. The maximum absolute atomic E-state index is 11.4. The van der Waals surface area contributed by atoms with Crippen molar-refractivity contribution in [1.82, 2.24) is 19.9 Å². The van der Waals surface area contributed by atoms with Crippen molar-refractivity contribution in [2.75, 3.05) is 18.9 Å². The Hall–Kier alpha value is -2.37. The monoisotopic (exact) mass is 245 g/mol. The van der Waals surface area contributed by atoms with E-state index in [0.717, 1.165) is 18.8 Å². The third-order valence-electron chi connectivity index (χ3n) is 2.48. The zero-order valence-corrected chi connectivity index (χ0v) is 10.1. The van der Waals surface area contributed by atoms with Gasteiger partial charge < -0.3 is 15.2 Å². The van der Waals surface area contributed by atoms with Gasteiger partial charge in [0.1, 0.15) is 5.69 Å². The lowest BCUT2D eigenvalue weighted by molar-refractivity contribution is 0.0958. The molecule has 2 aromatic heterocycles. The molecule has 0 aliphatic heterocycles. The number of nitrogens with one attached hydrogen (secondary N) is 2. The highest BCUT2D eigenvalue weighted by Crippen LogP contribution is 2.07. The first-order valence-electron chi connectivity index (χ1n) is 5.67. The largest absolute Gasteiger partial charge is 0.383 e. The van der Waals surface area contributed by atoms with Crippen LogP contribution in [0.4, 0.5) is 5.69 Å². The molecule has 2 aromatic rings. The molecule has 94 valence electrons. The highest BCUT2D eigenvalue weighted by Gasteiger charge is 2.04. The molecule has 0 spiro atoms. The molecule has 0 aliphatic rings. The normalized spacial score (nSPS) is 10.1. The number of hydrogen-bond donors (Lipinski definition) is 2. The number of amides is 1. The average Bonchev–Trinajstić information content (AvgIpc) is 2.91. The highest BCUT2D eigenvalue weighted by atomic mass is 16.1. The van der Waals surface area contributed by atoms with Gasteiger partial charge in [0.15, 0.2) is 0 Å². The molecule has 2 heterocycles. The minimum absolute atomic E-state index is 0.187. The van der Waals surface area contributed by atoms with Crippen LogP contribution >= 0.6 is 0 Å². The molecule has 0 saturated carbocycles. The maximum Gasteiger partial charge on any atom is 0.269 e. The molecule has 18 heavy (non-hydrogen) atoms. The molecule has 0 fully saturated rings. The van der Waals surface area contributed by atoms with Gasteiger partial charge >= 0.3 is 0 Å². The standard InChI is InChI=1S/C12H15N5O/c1-13-12(18)11-8-10(2-3-16-11)15-5-7-17-6-4-14-9-17/h2-4,6,8-9H,5,7H2,1H3,(H,13,18)(H,15,16). The fourth-order valence-corrected chi connectivity index (χ4v) is 1.54. The average molecular weight is 245 g/mol. The second kappa shape index (κ2) is 5.81. The number of carbonyl (C=O) groups is 1. The van der Waals surface area contributed by atoms with Crippen LogP contribution in [0.5, 0.6) is 0 Å². The lowest BCUT2D eigenvalue weighted by Gasteiger charge is -2.07. The van der Waals surface area contributed by atoms with E-state index >= 15 is 0 Å². The summed E-state index contributed by atoms with van der Waals surface area (Å²) in [6.07, 6.45) is 7.04. The molecule has 6 heteroatoms. The number of imidazole rings is 1. The van der Waals surface area contributed by atoms with Gasteiger partial charge in [0.25, 0.3) is 5.91 Å². The molecule has 1 amide bonds. The molecule has 0 bridgehead atoms. The van der Waals surface area contributed by atoms with Crippen molar-refractivity contribution in [2.45, 2.75) is 6.54 Å². The van der Waals surface area contributed by atoms with Gasteiger partial charge in [-0.1, -0.05) is 0 Å². The number of nitrogens with zero attached hydrogens (tertiary/aromatic N) is 3. The van der Waals surface area contributed by atoms with Gasteiger partial charge in [-0.2, -0.15) is 0 Å². The summed E-state index contributed by atoms with van der Waals surface area (Å²) in [4.78, 5) is 19.4. The fraction of sp³-hybridized carbons (Fsp3) is 0.250. The van der Waals surface area contributed by atoms with Crippen LogP contribution in [0, 0.1) is 0 Å². The first-order chi connectivity index (χ1) is 8.79. The van der Waals surface area contributed by atoms with Crippen LogP contribution in [-0.2, 0) is 6.54 Å². The van der Waals surface area contributed by atoms with E-state index < -0.39 is 0 Å². The number of rotatable bonds is 5. The molecule has 0 radical (unpaired) electrons. The summed E-state index contributed by atoms with van der Waals surface area (Å²) in [6.45, 7) is 1.57. The van der Waals surface area contributed by atoms with Crippen molar-refractivity contribution >= 4 is 11.6 Å². The molecule has 2 N–H and O–H groups in total. The third-order valence-corrected chi connectivity index (χ3v) is 2.48. The van der Waals surface area contributed by atoms with Gasteiger partial charge in [-0.25, -0.2) is 4.98 Å². The molecule has 0 unspecified atom stereocenters. The zero-order chi connectivity index (χ0) is 12.8. The molecular formula is C12H15N5O. The number of pyridine rings is 1. The number of anilines is 1. The predicted octanol–water partition coefficient (Wildman–Crippen LogP) is 0.750. The number of aromatic nitrogens is 3. The molecule has 0 atom stereocenters. The second-order valence-electron chi connectivity index (χ2n) is 3.74. The Kier molecular flexibility index (Phi) is 3.90. The van der Waals surface area contributed by atoms with Crippen LogP contribution in [0.3, 0.4) is 0 Å². The Morgan fingerprint density at radius 2 is 2.33 bits per heavy atom. The summed E-state index contributed by atoms with van der Waals surface area (Å²) in [6, 6.07) is 3.56. The third kappa shape index (κ3) is 3.07. The van der Waals surface area contributed by atoms with Crippen molar-refractivity contribution in [2.24, 2.45) is 0 Å². The van der Waals surface area contributed by atoms with Crippen molar-refractivity contribution in [1.29, 1.82) is 0 Å². The summed E-state index contributed by atoms with van der Waals surface area (Å²) in [5.41, 5.74) is 1.29. The summed E-state index contributed by atoms with van der Waals surface area (Å²) in [7, 11) is 1.59. The van der Waals surface area contributed by atoms with Crippen LogP contribution in [0.2, 0.25) is 0 Å². The molecule has 2 rings (SSSR count). The summed E-state index contributed by atoms with van der Waals surface area (Å²) in [5.74, 6) is -0.187. The molecular weight excluding hydrogens is 230 g/mol. The van der Waals surface area contributed by atoms with Crippen molar-refractivity contribution < 1.29 is 4.79 Å². The SMILES string of the molecule is CNC(=O)c1cc(NCCn2ccnc2)ccn1. The highest BCUT2D eigenvalue weighted by molar-refractivity contribution is 5.92. The Morgan fingerprint density at radius 3 is 3.06 bits per heavy atom.